The number of carboxylic acids is 1. The number of rotatable bonds is 4. The van der Waals surface area contributed by atoms with Crippen LogP contribution in [0.5, 0.6) is 0 Å². The minimum absolute atomic E-state index is 0.0152. The van der Waals surface area contributed by atoms with Crippen LogP contribution in [-0.4, -0.2) is 27.1 Å². The molecule has 1 aromatic carbocycles. The van der Waals surface area contributed by atoms with Crippen LogP contribution in [0.25, 0.3) is 0 Å². The van der Waals surface area contributed by atoms with Crippen LogP contribution in [0.3, 0.4) is 0 Å². The molecule has 2 rings (SSSR count). The average molecular weight is 274 g/mol. The van der Waals surface area contributed by atoms with Gasteiger partial charge in [0.25, 0.3) is 5.91 Å². The first-order valence-corrected chi connectivity index (χ1v) is 5.96. The first-order chi connectivity index (χ1) is 9.50. The Morgan fingerprint density at radius 3 is 2.50 bits per heavy atom. The number of carbonyl (C=O) groups is 2. The van der Waals surface area contributed by atoms with E-state index in [9.17, 15) is 14.7 Å². The van der Waals surface area contributed by atoms with Gasteiger partial charge < -0.3 is 20.5 Å². The van der Waals surface area contributed by atoms with Gasteiger partial charge in [-0.25, -0.2) is 4.79 Å². The summed E-state index contributed by atoms with van der Waals surface area (Å²) in [5, 5.41) is 21.4. The summed E-state index contributed by atoms with van der Waals surface area (Å²) in [5.41, 5.74) is 0.990. The van der Waals surface area contributed by atoms with Crippen molar-refractivity contribution in [2.24, 2.45) is 0 Å². The number of carboxylic acid groups (broad SMARTS) is 1. The molecule has 0 radical (unpaired) electrons. The molecule has 0 saturated heterocycles. The van der Waals surface area contributed by atoms with Crippen molar-refractivity contribution >= 4 is 17.6 Å². The van der Waals surface area contributed by atoms with Crippen molar-refractivity contribution in [2.75, 3.05) is 5.32 Å². The second kappa shape index (κ2) is 5.58. The molecular weight excluding hydrogens is 260 g/mol. The lowest BCUT2D eigenvalue weighted by atomic mass is 10.1. The van der Waals surface area contributed by atoms with Crippen molar-refractivity contribution in [3.63, 3.8) is 0 Å². The fourth-order valence-corrected chi connectivity index (χ4v) is 1.89. The van der Waals surface area contributed by atoms with Crippen LogP contribution < -0.4 is 5.32 Å². The molecular formula is C14H14N2O4. The minimum atomic E-state index is -1.35. The maximum absolute atomic E-state index is 11.9. The van der Waals surface area contributed by atoms with Crippen molar-refractivity contribution < 1.29 is 19.8 Å². The minimum Gasteiger partial charge on any atom is -0.478 e. The zero-order valence-corrected chi connectivity index (χ0v) is 10.8. The van der Waals surface area contributed by atoms with Crippen LogP contribution in [0.1, 0.15) is 27.7 Å². The smallest absolute Gasteiger partial charge is 0.339 e. The van der Waals surface area contributed by atoms with E-state index >= 15 is 0 Å². The van der Waals surface area contributed by atoms with E-state index in [2.05, 4.69) is 10.3 Å². The van der Waals surface area contributed by atoms with Crippen molar-refractivity contribution in [1.82, 2.24) is 4.98 Å². The molecule has 1 unspecified atom stereocenters. The summed E-state index contributed by atoms with van der Waals surface area (Å²) in [7, 11) is 0. The number of H-pyrrole nitrogens is 1. The van der Waals surface area contributed by atoms with Gasteiger partial charge in [-0.15, -0.1) is 0 Å². The molecule has 0 aliphatic carbocycles. The first kappa shape index (κ1) is 13.8. The molecule has 1 amide bonds. The third-order valence-corrected chi connectivity index (χ3v) is 2.91. The van der Waals surface area contributed by atoms with Gasteiger partial charge in [0, 0.05) is 11.9 Å². The Kier molecular flexibility index (Phi) is 3.86. The second-order valence-electron chi connectivity index (χ2n) is 4.31. The largest absolute Gasteiger partial charge is 0.478 e. The molecule has 0 aliphatic heterocycles. The van der Waals surface area contributed by atoms with Crippen LogP contribution in [-0.2, 0) is 4.79 Å². The summed E-state index contributed by atoms with van der Waals surface area (Å²) >= 11 is 0. The molecule has 2 aromatic rings. The summed E-state index contributed by atoms with van der Waals surface area (Å²) < 4.78 is 0. The number of amides is 1. The maximum atomic E-state index is 11.9. The highest BCUT2D eigenvalue weighted by Gasteiger charge is 2.21. The number of aryl methyl sites for hydroxylation is 1. The van der Waals surface area contributed by atoms with Gasteiger partial charge in [0.05, 0.1) is 5.69 Å². The molecule has 4 N–H and O–H groups in total. The Morgan fingerprint density at radius 2 is 1.90 bits per heavy atom. The highest BCUT2D eigenvalue weighted by Crippen LogP contribution is 2.21. The maximum Gasteiger partial charge on any atom is 0.339 e. The lowest BCUT2D eigenvalue weighted by Crippen LogP contribution is -2.21. The third kappa shape index (κ3) is 2.70. The summed E-state index contributed by atoms with van der Waals surface area (Å²) in [6.45, 7) is 1.59. The van der Waals surface area contributed by atoms with Gasteiger partial charge >= 0.3 is 5.97 Å². The van der Waals surface area contributed by atoms with Gasteiger partial charge in [0.2, 0.25) is 0 Å². The van der Waals surface area contributed by atoms with E-state index in [1.165, 1.54) is 6.20 Å². The van der Waals surface area contributed by atoms with Crippen molar-refractivity contribution in [2.45, 2.75) is 13.0 Å². The van der Waals surface area contributed by atoms with Gasteiger partial charge in [-0.1, -0.05) is 30.3 Å². The summed E-state index contributed by atoms with van der Waals surface area (Å²) in [5.74, 6) is -1.83. The number of carbonyl (C=O) groups excluding carboxylic acids is 1. The van der Waals surface area contributed by atoms with E-state index in [1.54, 1.807) is 37.3 Å². The topological polar surface area (TPSA) is 102 Å². The van der Waals surface area contributed by atoms with Crippen molar-refractivity contribution in [3.05, 3.63) is 53.3 Å². The van der Waals surface area contributed by atoms with Gasteiger partial charge in [0.15, 0.2) is 6.10 Å². The number of anilines is 1. The number of benzene rings is 1. The molecule has 20 heavy (non-hydrogen) atoms. The number of hydrogen-bond donors (Lipinski definition) is 4. The number of aliphatic hydroxyl groups is 1. The van der Waals surface area contributed by atoms with Gasteiger partial charge in [0.1, 0.15) is 5.56 Å². The van der Waals surface area contributed by atoms with Gasteiger partial charge in [-0.3, -0.25) is 4.79 Å². The number of aromatic nitrogens is 1. The predicted octanol–water partition coefficient (Wildman–Crippen LogP) is 1.69. The number of aromatic carboxylic acids is 1. The van der Waals surface area contributed by atoms with E-state index in [1.807, 2.05) is 0 Å². The third-order valence-electron chi connectivity index (χ3n) is 2.91. The molecule has 0 spiro atoms. The molecule has 0 aliphatic rings. The Hall–Kier alpha value is -2.60. The first-order valence-electron chi connectivity index (χ1n) is 5.96. The lowest BCUT2D eigenvalue weighted by Gasteiger charge is -2.11. The molecule has 0 bridgehead atoms. The Bertz CT molecular complexity index is 634. The Labute approximate surface area is 115 Å². The molecule has 0 saturated carbocycles. The number of aromatic amines is 1. The Balaban J connectivity index is 2.18. The molecule has 1 aromatic heterocycles. The zero-order chi connectivity index (χ0) is 14.7. The van der Waals surface area contributed by atoms with Crippen LogP contribution in [0.2, 0.25) is 0 Å². The molecule has 104 valence electrons. The van der Waals surface area contributed by atoms with Crippen LogP contribution >= 0.6 is 0 Å². The fraction of sp³-hybridized carbons (Fsp3) is 0.143. The SMILES string of the molecule is Cc1[nH]cc(NC(=O)C(O)c2ccccc2)c1C(=O)O. The van der Waals surface area contributed by atoms with Crippen LogP contribution in [0, 0.1) is 6.92 Å². The van der Waals surface area contributed by atoms with Crippen molar-refractivity contribution in [3.8, 4) is 0 Å². The van der Waals surface area contributed by atoms with E-state index in [0.717, 1.165) is 0 Å². The molecule has 6 nitrogen and oxygen atoms in total. The molecule has 6 heteroatoms. The summed E-state index contributed by atoms with van der Waals surface area (Å²) in [4.78, 5) is 25.7. The normalized spacial score (nSPS) is 11.9. The van der Waals surface area contributed by atoms with E-state index < -0.39 is 18.0 Å². The monoisotopic (exact) mass is 274 g/mol. The van der Waals surface area contributed by atoms with Crippen molar-refractivity contribution in [1.29, 1.82) is 0 Å². The van der Waals surface area contributed by atoms with E-state index in [-0.39, 0.29) is 11.3 Å². The summed E-state index contributed by atoms with van der Waals surface area (Å²) in [6, 6.07) is 8.41. The second-order valence-corrected chi connectivity index (χ2v) is 4.31. The number of aliphatic hydroxyl groups excluding tert-OH is 1. The Morgan fingerprint density at radius 1 is 1.25 bits per heavy atom. The van der Waals surface area contributed by atoms with Crippen LogP contribution in [0.4, 0.5) is 5.69 Å². The fourth-order valence-electron chi connectivity index (χ4n) is 1.89. The molecule has 1 atom stereocenters. The summed E-state index contributed by atoms with van der Waals surface area (Å²) in [6.07, 6.45) is 0.0297. The lowest BCUT2D eigenvalue weighted by molar-refractivity contribution is -0.124. The number of hydrogen-bond acceptors (Lipinski definition) is 3. The van der Waals surface area contributed by atoms with E-state index in [0.29, 0.717) is 11.3 Å². The number of nitrogens with one attached hydrogen (secondary N) is 2. The van der Waals surface area contributed by atoms with Gasteiger partial charge in [-0.2, -0.15) is 0 Å². The average Bonchev–Trinajstić information content (AvgIpc) is 2.79. The van der Waals surface area contributed by atoms with Gasteiger partial charge in [-0.05, 0) is 12.5 Å². The predicted molar refractivity (Wildman–Crippen MR) is 72.5 cm³/mol. The standard InChI is InChI=1S/C14H14N2O4/c1-8-11(14(19)20)10(7-15-8)16-13(18)12(17)9-5-3-2-4-6-9/h2-7,12,15,17H,1H3,(H,16,18)(H,19,20). The quantitative estimate of drug-likeness (QED) is 0.681. The molecule has 1 heterocycles. The highest BCUT2D eigenvalue weighted by molar-refractivity contribution is 6.02. The zero-order valence-electron chi connectivity index (χ0n) is 10.8. The molecule has 0 fully saturated rings. The van der Waals surface area contributed by atoms with E-state index in [4.69, 9.17) is 5.11 Å². The highest BCUT2D eigenvalue weighted by atomic mass is 16.4. The van der Waals surface area contributed by atoms with Crippen LogP contribution in [0.15, 0.2) is 36.5 Å².